The van der Waals surface area contributed by atoms with Gasteiger partial charge in [-0.15, -0.1) is 0 Å². The van der Waals surface area contributed by atoms with Crippen molar-refractivity contribution in [1.82, 2.24) is 4.90 Å². The number of likely N-dealkylation sites (tertiary alicyclic amines) is 1. The van der Waals surface area contributed by atoms with E-state index in [1.807, 2.05) is 18.7 Å². The Bertz CT molecular complexity index is 306. The number of piperidine rings is 1. The van der Waals surface area contributed by atoms with E-state index < -0.39 is 0 Å². The van der Waals surface area contributed by atoms with Gasteiger partial charge in [-0.2, -0.15) is 0 Å². The molecule has 1 amide bonds. The molecular weight excluding hydrogens is 242 g/mol. The van der Waals surface area contributed by atoms with E-state index in [4.69, 9.17) is 4.74 Å². The molecule has 0 aromatic heterocycles. The van der Waals surface area contributed by atoms with Crippen LogP contribution in [-0.2, 0) is 9.53 Å². The predicted molar refractivity (Wildman–Crippen MR) is 73.8 cm³/mol. The summed E-state index contributed by atoms with van der Waals surface area (Å²) in [4.78, 5) is 14.3. The molecule has 1 aliphatic carbocycles. The van der Waals surface area contributed by atoms with Crippen molar-refractivity contribution in [2.45, 2.75) is 70.6 Å². The Hall–Kier alpha value is -0.610. The summed E-state index contributed by atoms with van der Waals surface area (Å²) in [5.74, 6) is 0.376. The zero-order valence-corrected chi connectivity index (χ0v) is 12.2. The maximum atomic E-state index is 12.3. The van der Waals surface area contributed by atoms with Gasteiger partial charge in [-0.3, -0.25) is 4.79 Å². The van der Waals surface area contributed by atoms with Crippen molar-refractivity contribution in [1.29, 1.82) is 0 Å². The second-order valence-corrected chi connectivity index (χ2v) is 6.17. The fourth-order valence-corrected chi connectivity index (χ4v) is 3.45. The maximum absolute atomic E-state index is 12.3. The number of rotatable bonds is 4. The quantitative estimate of drug-likeness (QED) is 0.848. The Balaban J connectivity index is 1.97. The van der Waals surface area contributed by atoms with E-state index in [9.17, 15) is 9.90 Å². The fraction of sp³-hybridized carbons (Fsp3) is 0.933. The number of hydrogen-bond acceptors (Lipinski definition) is 3. The summed E-state index contributed by atoms with van der Waals surface area (Å²) in [6.45, 7) is 4.90. The number of nitrogens with zero attached hydrogens (tertiary/aromatic N) is 1. The Morgan fingerprint density at radius 1 is 1.26 bits per heavy atom. The molecular formula is C15H27NO3. The van der Waals surface area contributed by atoms with Gasteiger partial charge in [0.25, 0.3) is 0 Å². The van der Waals surface area contributed by atoms with Crippen LogP contribution in [0.1, 0.15) is 52.4 Å². The molecule has 0 aromatic carbocycles. The molecule has 3 unspecified atom stereocenters. The molecule has 2 fully saturated rings. The van der Waals surface area contributed by atoms with Crippen LogP contribution in [0.25, 0.3) is 0 Å². The van der Waals surface area contributed by atoms with Gasteiger partial charge in [-0.25, -0.2) is 0 Å². The lowest BCUT2D eigenvalue weighted by Crippen LogP contribution is -2.50. The fourth-order valence-electron chi connectivity index (χ4n) is 3.45. The summed E-state index contributed by atoms with van der Waals surface area (Å²) in [5, 5.41) is 10.1. The van der Waals surface area contributed by atoms with Crippen LogP contribution in [0.15, 0.2) is 0 Å². The SMILES string of the molecule is CC(C)OCC(=O)N1CCCCC1C1CCCC1O. The van der Waals surface area contributed by atoms with E-state index in [2.05, 4.69) is 0 Å². The number of hydrogen-bond donors (Lipinski definition) is 1. The van der Waals surface area contributed by atoms with Gasteiger partial charge in [0.1, 0.15) is 6.61 Å². The third-order valence-corrected chi connectivity index (χ3v) is 4.44. The van der Waals surface area contributed by atoms with E-state index in [0.29, 0.717) is 0 Å². The van der Waals surface area contributed by atoms with Gasteiger partial charge in [-0.1, -0.05) is 6.42 Å². The normalized spacial score (nSPS) is 32.0. The molecule has 3 atom stereocenters. The molecule has 4 heteroatoms. The Morgan fingerprint density at radius 2 is 2.05 bits per heavy atom. The maximum Gasteiger partial charge on any atom is 0.248 e. The number of amides is 1. The summed E-state index contributed by atoms with van der Waals surface area (Å²) in [6, 6.07) is 0.231. The lowest BCUT2D eigenvalue weighted by atomic mass is 9.87. The summed E-state index contributed by atoms with van der Waals surface area (Å²) in [7, 11) is 0. The molecule has 1 heterocycles. The molecule has 0 bridgehead atoms. The first-order chi connectivity index (χ1) is 9.09. The topological polar surface area (TPSA) is 49.8 Å². The second kappa shape index (κ2) is 6.71. The van der Waals surface area contributed by atoms with Gasteiger partial charge in [0.05, 0.1) is 12.2 Å². The van der Waals surface area contributed by atoms with E-state index in [1.54, 1.807) is 0 Å². The van der Waals surface area contributed by atoms with Crippen LogP contribution in [0.2, 0.25) is 0 Å². The smallest absolute Gasteiger partial charge is 0.248 e. The molecule has 1 saturated carbocycles. The lowest BCUT2D eigenvalue weighted by molar-refractivity contribution is -0.143. The van der Waals surface area contributed by atoms with Crippen LogP contribution < -0.4 is 0 Å². The van der Waals surface area contributed by atoms with Crippen molar-refractivity contribution in [2.75, 3.05) is 13.2 Å². The number of carbonyl (C=O) groups excluding carboxylic acids is 1. The lowest BCUT2D eigenvalue weighted by Gasteiger charge is -2.40. The average Bonchev–Trinajstić information content (AvgIpc) is 2.82. The third kappa shape index (κ3) is 3.69. The van der Waals surface area contributed by atoms with E-state index in [-0.39, 0.29) is 36.7 Å². The average molecular weight is 269 g/mol. The zero-order chi connectivity index (χ0) is 13.8. The molecule has 1 saturated heterocycles. The highest BCUT2D eigenvalue weighted by Crippen LogP contribution is 2.35. The first-order valence-electron chi connectivity index (χ1n) is 7.68. The van der Waals surface area contributed by atoms with Crippen LogP contribution >= 0.6 is 0 Å². The highest BCUT2D eigenvalue weighted by Gasteiger charge is 2.38. The predicted octanol–water partition coefficient (Wildman–Crippen LogP) is 1.95. The standard InChI is InChI=1S/C15H27NO3/c1-11(2)19-10-15(18)16-9-4-3-7-13(16)12-6-5-8-14(12)17/h11-14,17H,3-10H2,1-2H3. The largest absolute Gasteiger partial charge is 0.393 e. The monoisotopic (exact) mass is 269 g/mol. The van der Waals surface area contributed by atoms with Gasteiger partial charge in [-0.05, 0) is 46.0 Å². The van der Waals surface area contributed by atoms with E-state index >= 15 is 0 Å². The van der Waals surface area contributed by atoms with Crippen molar-refractivity contribution in [3.8, 4) is 0 Å². The molecule has 110 valence electrons. The van der Waals surface area contributed by atoms with Gasteiger partial charge >= 0.3 is 0 Å². The van der Waals surface area contributed by atoms with Crippen LogP contribution in [0, 0.1) is 5.92 Å². The van der Waals surface area contributed by atoms with E-state index in [1.165, 1.54) is 6.42 Å². The number of carbonyl (C=O) groups is 1. The third-order valence-electron chi connectivity index (χ3n) is 4.44. The van der Waals surface area contributed by atoms with Gasteiger partial charge in [0, 0.05) is 18.5 Å². The van der Waals surface area contributed by atoms with Crippen molar-refractivity contribution in [3.63, 3.8) is 0 Å². The van der Waals surface area contributed by atoms with Crippen LogP contribution in [0.5, 0.6) is 0 Å². The zero-order valence-electron chi connectivity index (χ0n) is 12.2. The number of ether oxygens (including phenoxy) is 1. The molecule has 1 N–H and O–H groups in total. The van der Waals surface area contributed by atoms with E-state index in [0.717, 1.165) is 38.6 Å². The van der Waals surface area contributed by atoms with Crippen molar-refractivity contribution < 1.29 is 14.6 Å². The highest BCUT2D eigenvalue weighted by atomic mass is 16.5. The van der Waals surface area contributed by atoms with Crippen molar-refractivity contribution in [3.05, 3.63) is 0 Å². The first-order valence-corrected chi connectivity index (χ1v) is 7.68. The van der Waals surface area contributed by atoms with Gasteiger partial charge in [0.15, 0.2) is 0 Å². The second-order valence-electron chi connectivity index (χ2n) is 6.17. The number of aliphatic hydroxyl groups is 1. The summed E-state index contributed by atoms with van der Waals surface area (Å²) < 4.78 is 5.44. The Morgan fingerprint density at radius 3 is 2.68 bits per heavy atom. The molecule has 19 heavy (non-hydrogen) atoms. The molecule has 0 radical (unpaired) electrons. The minimum absolute atomic E-state index is 0.0873. The molecule has 0 aromatic rings. The minimum atomic E-state index is -0.218. The first kappa shape index (κ1) is 14.8. The molecule has 0 spiro atoms. The molecule has 2 rings (SSSR count). The van der Waals surface area contributed by atoms with Crippen LogP contribution in [-0.4, -0.2) is 47.3 Å². The molecule has 4 nitrogen and oxygen atoms in total. The van der Waals surface area contributed by atoms with Crippen LogP contribution in [0.3, 0.4) is 0 Å². The number of aliphatic hydroxyl groups excluding tert-OH is 1. The summed E-state index contributed by atoms with van der Waals surface area (Å²) in [5.41, 5.74) is 0. The molecule has 1 aliphatic heterocycles. The summed E-state index contributed by atoms with van der Waals surface area (Å²) >= 11 is 0. The van der Waals surface area contributed by atoms with Crippen LogP contribution in [0.4, 0.5) is 0 Å². The van der Waals surface area contributed by atoms with Gasteiger partial charge < -0.3 is 14.7 Å². The summed E-state index contributed by atoms with van der Waals surface area (Å²) in [6.07, 6.45) is 6.19. The van der Waals surface area contributed by atoms with Gasteiger partial charge in [0.2, 0.25) is 5.91 Å². The highest BCUT2D eigenvalue weighted by molar-refractivity contribution is 5.78. The Labute approximate surface area is 116 Å². The Kier molecular flexibility index (Phi) is 5.22. The minimum Gasteiger partial charge on any atom is -0.393 e. The molecule has 2 aliphatic rings. The van der Waals surface area contributed by atoms with Crippen molar-refractivity contribution in [2.24, 2.45) is 5.92 Å². The van der Waals surface area contributed by atoms with Crippen molar-refractivity contribution >= 4 is 5.91 Å².